The van der Waals surface area contributed by atoms with Gasteiger partial charge in [-0.05, 0) is 43.7 Å². The Morgan fingerprint density at radius 2 is 1.90 bits per heavy atom. The summed E-state index contributed by atoms with van der Waals surface area (Å²) in [5.74, 6) is 0.730. The second-order valence-electron chi connectivity index (χ2n) is 6.52. The van der Waals surface area contributed by atoms with Crippen LogP contribution in [0.1, 0.15) is 37.8 Å². The van der Waals surface area contributed by atoms with E-state index in [0.717, 1.165) is 42.7 Å². The quantitative estimate of drug-likeness (QED) is 0.452. The van der Waals surface area contributed by atoms with Crippen LogP contribution in [0.5, 0.6) is 5.75 Å². The molecule has 3 aromatic rings. The van der Waals surface area contributed by atoms with Gasteiger partial charge in [0.2, 0.25) is 5.91 Å². The van der Waals surface area contributed by atoms with E-state index in [1.165, 1.54) is 0 Å². The number of aromatic nitrogens is 2. The number of nitrogens with one attached hydrogen (secondary N) is 1. The maximum Gasteiger partial charge on any atom is 0.224 e. The summed E-state index contributed by atoms with van der Waals surface area (Å²) in [7, 11) is 0. The molecule has 3 rings (SSSR count). The summed E-state index contributed by atoms with van der Waals surface area (Å²) < 4.78 is 7.79. The Morgan fingerprint density at radius 1 is 1.07 bits per heavy atom. The maximum absolute atomic E-state index is 12.0. The van der Waals surface area contributed by atoms with Crippen molar-refractivity contribution < 1.29 is 9.53 Å². The van der Waals surface area contributed by atoms with Gasteiger partial charge in [-0.3, -0.25) is 4.79 Å². The second kappa shape index (κ2) is 13.0. The molecule has 0 saturated carbocycles. The first-order chi connectivity index (χ1) is 13.2. The highest BCUT2D eigenvalue weighted by atomic mass is 35.5. The molecule has 2 heterocycles. The predicted octanol–water partition coefficient (Wildman–Crippen LogP) is 4.60. The van der Waals surface area contributed by atoms with E-state index in [1.807, 2.05) is 59.3 Å². The SMILES string of the molecule is Cl.Cl.NCCCCCCC(=O)Nc1cccc(OCc2cn3ccccc3n2)c1. The number of anilines is 1. The fourth-order valence-corrected chi connectivity index (χ4v) is 2.88. The van der Waals surface area contributed by atoms with Crippen LogP contribution in [0, 0.1) is 0 Å². The molecule has 0 fully saturated rings. The first-order valence-corrected chi connectivity index (χ1v) is 9.40. The molecule has 0 aliphatic heterocycles. The number of ether oxygens (including phenoxy) is 1. The van der Waals surface area contributed by atoms with Crippen LogP contribution in [-0.4, -0.2) is 21.8 Å². The summed E-state index contributed by atoms with van der Waals surface area (Å²) in [4.78, 5) is 16.6. The summed E-state index contributed by atoms with van der Waals surface area (Å²) in [6, 6.07) is 13.3. The minimum absolute atomic E-state index is 0. The molecule has 0 aliphatic rings. The number of nitrogens with zero attached hydrogens (tertiary/aromatic N) is 2. The highest BCUT2D eigenvalue weighted by Gasteiger charge is 2.05. The van der Waals surface area contributed by atoms with Gasteiger partial charge in [0, 0.05) is 30.6 Å². The van der Waals surface area contributed by atoms with Gasteiger partial charge >= 0.3 is 0 Å². The first kappa shape index (κ1) is 24.8. The Kier molecular flexibility index (Phi) is 11.1. The molecule has 2 aromatic heterocycles. The van der Waals surface area contributed by atoms with E-state index in [1.54, 1.807) is 0 Å². The van der Waals surface area contributed by atoms with Crippen molar-refractivity contribution in [2.24, 2.45) is 5.73 Å². The van der Waals surface area contributed by atoms with Crippen molar-refractivity contribution in [1.29, 1.82) is 0 Å². The van der Waals surface area contributed by atoms with E-state index in [4.69, 9.17) is 10.5 Å². The number of nitrogens with two attached hydrogens (primary N) is 1. The molecule has 1 aromatic carbocycles. The Labute approximate surface area is 183 Å². The zero-order chi connectivity index (χ0) is 18.9. The number of fused-ring (bicyclic) bond motifs is 1. The molecule has 0 aliphatic carbocycles. The number of benzene rings is 1. The van der Waals surface area contributed by atoms with Gasteiger partial charge in [-0.1, -0.05) is 25.0 Å². The first-order valence-electron chi connectivity index (χ1n) is 9.40. The van der Waals surface area contributed by atoms with E-state index >= 15 is 0 Å². The van der Waals surface area contributed by atoms with Crippen molar-refractivity contribution in [1.82, 2.24) is 9.38 Å². The van der Waals surface area contributed by atoms with E-state index in [2.05, 4.69) is 10.3 Å². The van der Waals surface area contributed by atoms with E-state index in [-0.39, 0.29) is 30.7 Å². The van der Waals surface area contributed by atoms with Crippen LogP contribution in [0.4, 0.5) is 5.69 Å². The molecule has 6 nitrogen and oxygen atoms in total. The smallest absolute Gasteiger partial charge is 0.224 e. The summed E-state index contributed by atoms with van der Waals surface area (Å²) >= 11 is 0. The number of rotatable bonds is 10. The zero-order valence-corrected chi connectivity index (χ0v) is 17.9. The lowest BCUT2D eigenvalue weighted by molar-refractivity contribution is -0.116. The van der Waals surface area contributed by atoms with E-state index < -0.39 is 0 Å². The minimum atomic E-state index is 0. The highest BCUT2D eigenvalue weighted by Crippen LogP contribution is 2.19. The molecule has 0 unspecified atom stereocenters. The molecule has 29 heavy (non-hydrogen) atoms. The van der Waals surface area contributed by atoms with Gasteiger partial charge in [0.1, 0.15) is 18.0 Å². The monoisotopic (exact) mass is 438 g/mol. The van der Waals surface area contributed by atoms with Crippen LogP contribution in [0.2, 0.25) is 0 Å². The van der Waals surface area contributed by atoms with Crippen molar-refractivity contribution in [3.05, 3.63) is 60.6 Å². The largest absolute Gasteiger partial charge is 0.487 e. The normalized spacial score (nSPS) is 10.1. The fourth-order valence-electron chi connectivity index (χ4n) is 2.88. The Balaban J connectivity index is 0.00000210. The number of amides is 1. The zero-order valence-electron chi connectivity index (χ0n) is 16.3. The average molecular weight is 439 g/mol. The number of unbranched alkanes of at least 4 members (excludes halogenated alkanes) is 3. The van der Waals surface area contributed by atoms with Crippen molar-refractivity contribution in [2.75, 3.05) is 11.9 Å². The highest BCUT2D eigenvalue weighted by molar-refractivity contribution is 5.90. The molecule has 8 heteroatoms. The van der Waals surface area contributed by atoms with E-state index in [0.29, 0.717) is 25.3 Å². The summed E-state index contributed by atoms with van der Waals surface area (Å²) in [5.41, 5.74) is 7.96. The topological polar surface area (TPSA) is 81.7 Å². The fraction of sp³-hybridized carbons (Fsp3) is 0.333. The third-order valence-corrected chi connectivity index (χ3v) is 4.28. The molecule has 0 radical (unpaired) electrons. The molecule has 0 bridgehead atoms. The third kappa shape index (κ3) is 7.93. The van der Waals surface area contributed by atoms with Crippen LogP contribution in [-0.2, 0) is 11.4 Å². The number of carbonyl (C=O) groups is 1. The van der Waals surface area contributed by atoms with Crippen LogP contribution in [0.15, 0.2) is 54.9 Å². The lowest BCUT2D eigenvalue weighted by Crippen LogP contribution is -2.11. The van der Waals surface area contributed by atoms with Gasteiger partial charge in [-0.2, -0.15) is 0 Å². The van der Waals surface area contributed by atoms with Crippen molar-refractivity contribution >= 4 is 42.1 Å². The number of halogens is 2. The van der Waals surface area contributed by atoms with Crippen LogP contribution in [0.3, 0.4) is 0 Å². The van der Waals surface area contributed by atoms with Gasteiger partial charge in [0.25, 0.3) is 0 Å². The lowest BCUT2D eigenvalue weighted by atomic mass is 10.1. The number of hydrogen-bond donors (Lipinski definition) is 2. The third-order valence-electron chi connectivity index (χ3n) is 4.28. The minimum Gasteiger partial charge on any atom is -0.487 e. The molecule has 0 atom stereocenters. The van der Waals surface area contributed by atoms with Gasteiger partial charge in [0.15, 0.2) is 0 Å². The number of carbonyl (C=O) groups excluding carboxylic acids is 1. The summed E-state index contributed by atoms with van der Waals surface area (Å²) in [6.07, 6.45) is 8.45. The standard InChI is InChI=1S/C21H26N4O2.2ClH/c22-12-5-2-1-3-11-21(26)24-17-8-7-9-19(14-17)27-16-18-15-25-13-6-4-10-20(25)23-18;;/h4,6-10,13-15H,1-3,5,11-12,16,22H2,(H,24,26);2*1H. The number of pyridine rings is 1. The van der Waals surface area contributed by atoms with Gasteiger partial charge in [0.05, 0.1) is 5.69 Å². The molecular weight excluding hydrogens is 411 g/mol. The molecule has 1 amide bonds. The van der Waals surface area contributed by atoms with E-state index in [9.17, 15) is 4.79 Å². The Bertz CT molecular complexity index is 853. The van der Waals surface area contributed by atoms with Gasteiger partial charge in [-0.15, -0.1) is 24.8 Å². The molecule has 158 valence electrons. The van der Waals surface area contributed by atoms with Crippen LogP contribution in [0.25, 0.3) is 5.65 Å². The summed E-state index contributed by atoms with van der Waals surface area (Å²) in [6.45, 7) is 1.09. The van der Waals surface area contributed by atoms with Crippen molar-refractivity contribution in [2.45, 2.75) is 38.7 Å². The van der Waals surface area contributed by atoms with Gasteiger partial charge < -0.3 is 20.2 Å². The Hall–Kier alpha value is -2.28. The number of hydrogen-bond acceptors (Lipinski definition) is 4. The maximum atomic E-state index is 12.0. The summed E-state index contributed by atoms with van der Waals surface area (Å²) in [5, 5.41) is 2.93. The molecule has 3 N–H and O–H groups in total. The molecular formula is C21H28Cl2N4O2. The molecule has 0 saturated heterocycles. The van der Waals surface area contributed by atoms with Crippen molar-refractivity contribution in [3.63, 3.8) is 0 Å². The van der Waals surface area contributed by atoms with Crippen LogP contribution >= 0.6 is 24.8 Å². The van der Waals surface area contributed by atoms with Gasteiger partial charge in [-0.25, -0.2) is 4.98 Å². The predicted molar refractivity (Wildman–Crippen MR) is 121 cm³/mol. The van der Waals surface area contributed by atoms with Crippen LogP contribution < -0.4 is 15.8 Å². The lowest BCUT2D eigenvalue weighted by Gasteiger charge is -2.08. The average Bonchev–Trinajstić information content (AvgIpc) is 3.09. The van der Waals surface area contributed by atoms with Crippen molar-refractivity contribution in [3.8, 4) is 5.75 Å². The number of imidazole rings is 1. The molecule has 0 spiro atoms. The second-order valence-corrected chi connectivity index (χ2v) is 6.52. The Morgan fingerprint density at radius 3 is 2.69 bits per heavy atom.